The molecule has 0 radical (unpaired) electrons. The normalized spacial score (nSPS) is 19.0. The SMILES string of the molecule is CC(NC(=O)c1ccccc1Cl)C(=O)N1CCN(CC(=O)N(C)C2CCCCC2)CC1. The van der Waals surface area contributed by atoms with Gasteiger partial charge in [-0.1, -0.05) is 43.0 Å². The summed E-state index contributed by atoms with van der Waals surface area (Å²) in [6.07, 6.45) is 5.87. The summed E-state index contributed by atoms with van der Waals surface area (Å²) in [5.41, 5.74) is 0.356. The average Bonchev–Trinajstić information content (AvgIpc) is 2.79. The minimum absolute atomic E-state index is 0.120. The fourth-order valence-electron chi connectivity index (χ4n) is 4.36. The quantitative estimate of drug-likeness (QED) is 0.725. The van der Waals surface area contributed by atoms with Crippen LogP contribution in [0.15, 0.2) is 24.3 Å². The van der Waals surface area contributed by atoms with Crippen LogP contribution in [0, 0.1) is 0 Å². The van der Waals surface area contributed by atoms with Gasteiger partial charge in [-0.3, -0.25) is 19.3 Å². The number of benzene rings is 1. The van der Waals surface area contributed by atoms with E-state index in [9.17, 15) is 14.4 Å². The second kappa shape index (κ2) is 11.0. The number of nitrogens with one attached hydrogen (secondary N) is 1. The zero-order valence-electron chi connectivity index (χ0n) is 18.5. The number of piperazine rings is 1. The molecule has 31 heavy (non-hydrogen) atoms. The first-order chi connectivity index (χ1) is 14.9. The number of nitrogens with zero attached hydrogens (tertiary/aromatic N) is 3. The summed E-state index contributed by atoms with van der Waals surface area (Å²) in [7, 11) is 1.92. The second-order valence-corrected chi connectivity index (χ2v) is 8.98. The van der Waals surface area contributed by atoms with Crippen LogP contribution in [-0.4, -0.2) is 84.3 Å². The Bertz CT molecular complexity index is 789. The number of hydrogen-bond acceptors (Lipinski definition) is 4. The zero-order valence-corrected chi connectivity index (χ0v) is 19.2. The van der Waals surface area contributed by atoms with Crippen molar-refractivity contribution in [1.29, 1.82) is 0 Å². The van der Waals surface area contributed by atoms with Gasteiger partial charge in [0.1, 0.15) is 6.04 Å². The average molecular weight is 449 g/mol. The smallest absolute Gasteiger partial charge is 0.253 e. The Morgan fingerprint density at radius 3 is 2.39 bits per heavy atom. The fraction of sp³-hybridized carbons (Fsp3) is 0.609. The highest BCUT2D eigenvalue weighted by atomic mass is 35.5. The first kappa shape index (κ1) is 23.5. The van der Waals surface area contributed by atoms with Crippen molar-refractivity contribution in [2.24, 2.45) is 0 Å². The summed E-state index contributed by atoms with van der Waals surface area (Å²) >= 11 is 6.07. The predicted octanol–water partition coefficient (Wildman–Crippen LogP) is 2.39. The van der Waals surface area contributed by atoms with E-state index in [1.54, 1.807) is 36.1 Å². The molecule has 1 unspecified atom stereocenters. The van der Waals surface area contributed by atoms with Gasteiger partial charge in [-0.05, 0) is 31.9 Å². The molecule has 3 amide bonds. The van der Waals surface area contributed by atoms with Gasteiger partial charge in [0.05, 0.1) is 17.1 Å². The van der Waals surface area contributed by atoms with Crippen molar-refractivity contribution < 1.29 is 14.4 Å². The number of carbonyl (C=O) groups is 3. The summed E-state index contributed by atoms with van der Waals surface area (Å²) in [5, 5.41) is 3.10. The molecule has 0 aromatic heterocycles. The van der Waals surface area contributed by atoms with Gasteiger partial charge < -0.3 is 15.1 Å². The van der Waals surface area contributed by atoms with E-state index >= 15 is 0 Å². The summed E-state index contributed by atoms with van der Waals surface area (Å²) in [6.45, 7) is 4.49. The van der Waals surface area contributed by atoms with E-state index in [2.05, 4.69) is 10.2 Å². The lowest BCUT2D eigenvalue weighted by atomic mass is 9.94. The van der Waals surface area contributed by atoms with E-state index in [-0.39, 0.29) is 17.7 Å². The summed E-state index contributed by atoms with van der Waals surface area (Å²) in [5.74, 6) is -0.320. The highest BCUT2D eigenvalue weighted by Gasteiger charge is 2.29. The van der Waals surface area contributed by atoms with Crippen molar-refractivity contribution in [2.45, 2.75) is 51.1 Å². The van der Waals surface area contributed by atoms with Crippen molar-refractivity contribution in [3.8, 4) is 0 Å². The van der Waals surface area contributed by atoms with E-state index in [1.807, 2.05) is 11.9 Å². The second-order valence-electron chi connectivity index (χ2n) is 8.57. The molecule has 1 aliphatic heterocycles. The Morgan fingerprint density at radius 2 is 1.74 bits per heavy atom. The Labute approximate surface area is 189 Å². The van der Waals surface area contributed by atoms with Crippen LogP contribution in [-0.2, 0) is 9.59 Å². The van der Waals surface area contributed by atoms with Crippen LogP contribution >= 0.6 is 11.6 Å². The molecule has 7 nitrogen and oxygen atoms in total. The third kappa shape index (κ3) is 6.20. The molecule has 1 N–H and O–H groups in total. The third-order valence-corrected chi connectivity index (χ3v) is 6.72. The van der Waals surface area contributed by atoms with E-state index < -0.39 is 6.04 Å². The van der Waals surface area contributed by atoms with Crippen molar-refractivity contribution in [3.05, 3.63) is 34.9 Å². The van der Waals surface area contributed by atoms with Crippen LogP contribution in [0.2, 0.25) is 5.02 Å². The highest BCUT2D eigenvalue weighted by molar-refractivity contribution is 6.33. The third-order valence-electron chi connectivity index (χ3n) is 6.40. The van der Waals surface area contributed by atoms with Crippen molar-refractivity contribution >= 4 is 29.3 Å². The van der Waals surface area contributed by atoms with Crippen molar-refractivity contribution in [2.75, 3.05) is 39.8 Å². The summed E-state index contributed by atoms with van der Waals surface area (Å²) < 4.78 is 0. The molecule has 2 fully saturated rings. The van der Waals surface area contributed by atoms with Gasteiger partial charge in [-0.25, -0.2) is 0 Å². The molecule has 1 saturated heterocycles. The number of likely N-dealkylation sites (N-methyl/N-ethyl adjacent to an activating group) is 1. The first-order valence-corrected chi connectivity index (χ1v) is 11.6. The van der Waals surface area contributed by atoms with Crippen LogP contribution in [0.25, 0.3) is 0 Å². The van der Waals surface area contributed by atoms with Crippen LogP contribution < -0.4 is 5.32 Å². The Kier molecular flexibility index (Phi) is 8.32. The lowest BCUT2D eigenvalue weighted by molar-refractivity contribution is -0.136. The van der Waals surface area contributed by atoms with E-state index in [0.717, 1.165) is 12.8 Å². The maximum atomic E-state index is 12.8. The zero-order chi connectivity index (χ0) is 22.4. The number of halogens is 1. The Morgan fingerprint density at radius 1 is 1.10 bits per heavy atom. The van der Waals surface area contributed by atoms with E-state index in [1.165, 1.54) is 19.3 Å². The number of carbonyl (C=O) groups excluding carboxylic acids is 3. The van der Waals surface area contributed by atoms with Gasteiger partial charge in [-0.2, -0.15) is 0 Å². The molecule has 1 aromatic rings. The molecule has 0 bridgehead atoms. The predicted molar refractivity (Wildman–Crippen MR) is 121 cm³/mol. The molecule has 2 aliphatic rings. The molecule has 1 atom stereocenters. The summed E-state index contributed by atoms with van der Waals surface area (Å²) in [4.78, 5) is 43.6. The molecule has 1 saturated carbocycles. The minimum Gasteiger partial charge on any atom is -0.342 e. The molecule has 1 aromatic carbocycles. The number of rotatable bonds is 6. The monoisotopic (exact) mass is 448 g/mol. The Balaban J connectivity index is 1.44. The van der Waals surface area contributed by atoms with Crippen molar-refractivity contribution in [3.63, 3.8) is 0 Å². The van der Waals surface area contributed by atoms with Gasteiger partial charge in [0, 0.05) is 39.3 Å². The Hall–Kier alpha value is -2.12. The van der Waals surface area contributed by atoms with Gasteiger partial charge in [0.25, 0.3) is 5.91 Å². The van der Waals surface area contributed by atoms with Crippen LogP contribution in [0.3, 0.4) is 0 Å². The largest absolute Gasteiger partial charge is 0.342 e. The van der Waals surface area contributed by atoms with Crippen LogP contribution in [0.5, 0.6) is 0 Å². The van der Waals surface area contributed by atoms with Gasteiger partial charge in [-0.15, -0.1) is 0 Å². The maximum absolute atomic E-state index is 12.8. The molecule has 170 valence electrons. The fourth-order valence-corrected chi connectivity index (χ4v) is 4.58. The lowest BCUT2D eigenvalue weighted by Gasteiger charge is -2.37. The maximum Gasteiger partial charge on any atom is 0.253 e. The topological polar surface area (TPSA) is 73.0 Å². The summed E-state index contributed by atoms with van der Waals surface area (Å²) in [6, 6.07) is 6.50. The van der Waals surface area contributed by atoms with Gasteiger partial charge >= 0.3 is 0 Å². The van der Waals surface area contributed by atoms with Crippen molar-refractivity contribution in [1.82, 2.24) is 20.0 Å². The van der Waals surface area contributed by atoms with E-state index in [0.29, 0.717) is 49.4 Å². The molecule has 1 aliphatic carbocycles. The molecular weight excluding hydrogens is 416 g/mol. The lowest BCUT2D eigenvalue weighted by Crippen LogP contribution is -2.55. The minimum atomic E-state index is -0.644. The molecule has 1 heterocycles. The number of amides is 3. The highest BCUT2D eigenvalue weighted by Crippen LogP contribution is 2.22. The number of hydrogen-bond donors (Lipinski definition) is 1. The van der Waals surface area contributed by atoms with E-state index in [4.69, 9.17) is 11.6 Å². The molecule has 8 heteroatoms. The van der Waals surface area contributed by atoms with Crippen LogP contribution in [0.1, 0.15) is 49.4 Å². The molecule has 0 spiro atoms. The van der Waals surface area contributed by atoms with Crippen LogP contribution in [0.4, 0.5) is 0 Å². The standard InChI is InChI=1S/C23H33ClN4O3/c1-17(25-22(30)19-10-6-7-11-20(19)24)23(31)28-14-12-27(13-15-28)16-21(29)26(2)18-8-4-3-5-9-18/h6-7,10-11,17-18H,3-5,8-9,12-16H2,1-2H3,(H,25,30). The molecule has 3 rings (SSSR count). The van der Waals surface area contributed by atoms with Gasteiger partial charge in [0.2, 0.25) is 11.8 Å². The molecular formula is C23H33ClN4O3. The van der Waals surface area contributed by atoms with Gasteiger partial charge in [0.15, 0.2) is 0 Å². The first-order valence-electron chi connectivity index (χ1n) is 11.2.